The summed E-state index contributed by atoms with van der Waals surface area (Å²) in [6, 6.07) is 5.27. The van der Waals surface area contributed by atoms with Crippen molar-refractivity contribution < 1.29 is 8.76 Å². The molecule has 0 radical (unpaired) electrons. The van der Waals surface area contributed by atoms with E-state index in [9.17, 15) is 8.76 Å². The van der Waals surface area contributed by atoms with E-state index < -0.39 is 11.1 Å². The van der Waals surface area contributed by atoms with Crippen molar-refractivity contribution in [2.24, 2.45) is 0 Å². The molecule has 17 heavy (non-hydrogen) atoms. The number of hydrogen-bond acceptors (Lipinski definition) is 3. The molecular weight excluding hydrogens is 234 g/mol. The van der Waals surface area contributed by atoms with E-state index in [4.69, 9.17) is 0 Å². The first kappa shape index (κ1) is 11.8. The van der Waals surface area contributed by atoms with Gasteiger partial charge < -0.3 is 9.87 Å². The third-order valence-electron chi connectivity index (χ3n) is 2.42. The van der Waals surface area contributed by atoms with Crippen molar-refractivity contribution >= 4 is 16.8 Å². The third-order valence-corrected chi connectivity index (χ3v) is 3.14. The van der Waals surface area contributed by atoms with Crippen LogP contribution in [-0.2, 0) is 11.1 Å². The molecule has 1 unspecified atom stereocenters. The van der Waals surface area contributed by atoms with Gasteiger partial charge in [0.1, 0.15) is 0 Å². The van der Waals surface area contributed by atoms with Gasteiger partial charge in [-0.1, -0.05) is 23.8 Å². The molecule has 3 nitrogen and oxygen atoms in total. The summed E-state index contributed by atoms with van der Waals surface area (Å²) in [4.78, 5) is 0.304. The van der Waals surface area contributed by atoms with Crippen LogP contribution in [0.1, 0.15) is 11.1 Å². The van der Waals surface area contributed by atoms with Crippen molar-refractivity contribution in [3.05, 3.63) is 59.8 Å². The minimum atomic E-state index is -2.24. The molecule has 2 rings (SSSR count). The maximum absolute atomic E-state index is 11.2. The summed E-state index contributed by atoms with van der Waals surface area (Å²) in [5.41, 5.74) is 2.49. The van der Waals surface area contributed by atoms with E-state index in [1.165, 1.54) is 0 Å². The zero-order chi connectivity index (χ0) is 12.3. The van der Waals surface area contributed by atoms with Gasteiger partial charge in [-0.05, 0) is 42.3 Å². The highest BCUT2D eigenvalue weighted by atomic mass is 32.2. The molecule has 0 fully saturated rings. The van der Waals surface area contributed by atoms with Gasteiger partial charge in [0.15, 0.2) is 0 Å². The van der Waals surface area contributed by atoms with Crippen molar-refractivity contribution in [1.29, 1.82) is 0 Å². The van der Waals surface area contributed by atoms with Crippen LogP contribution < -0.4 is 5.32 Å². The maximum Gasteiger partial charge on any atom is 0.0465 e. The molecule has 0 aliphatic carbocycles. The molecule has 1 heterocycles. The molecule has 0 aromatic heterocycles. The van der Waals surface area contributed by atoms with Crippen LogP contribution in [0, 0.1) is 6.92 Å². The van der Waals surface area contributed by atoms with E-state index in [-0.39, 0.29) is 0 Å². The average Bonchev–Trinajstić information content (AvgIpc) is 2.56. The Morgan fingerprint density at radius 2 is 2.06 bits per heavy atom. The molecule has 1 aromatic carbocycles. The lowest BCUT2D eigenvalue weighted by Crippen LogP contribution is -2.07. The van der Waals surface area contributed by atoms with Gasteiger partial charge >= 0.3 is 0 Å². The molecule has 1 aromatic rings. The molecular formula is C13H12NO2S-. The number of hydrogen-bond donors (Lipinski definition) is 1. The fourth-order valence-electron chi connectivity index (χ4n) is 1.62. The Morgan fingerprint density at radius 1 is 1.24 bits per heavy atom. The minimum absolute atomic E-state index is 0.304. The lowest BCUT2D eigenvalue weighted by molar-refractivity contribution is 0.537. The van der Waals surface area contributed by atoms with Gasteiger partial charge in [-0.3, -0.25) is 4.21 Å². The summed E-state index contributed by atoms with van der Waals surface area (Å²) in [5.74, 6) is 0. The number of aryl methyl sites for hydroxylation is 1. The molecule has 1 aliphatic rings. The first-order chi connectivity index (χ1) is 8.18. The van der Waals surface area contributed by atoms with Crippen LogP contribution >= 0.6 is 0 Å². The quantitative estimate of drug-likeness (QED) is 0.814. The zero-order valence-electron chi connectivity index (χ0n) is 9.34. The molecule has 88 valence electrons. The van der Waals surface area contributed by atoms with E-state index in [1.54, 1.807) is 18.3 Å². The molecule has 1 atom stereocenters. The number of nitrogens with one attached hydrogen (secondary N) is 1. The summed E-state index contributed by atoms with van der Waals surface area (Å²) in [7, 11) is 0. The second-order valence-electron chi connectivity index (χ2n) is 3.70. The predicted molar refractivity (Wildman–Crippen MR) is 67.8 cm³/mol. The first-order valence-electron chi connectivity index (χ1n) is 5.19. The fourth-order valence-corrected chi connectivity index (χ4v) is 2.15. The smallest absolute Gasteiger partial charge is 0.0465 e. The van der Waals surface area contributed by atoms with Crippen LogP contribution in [0.3, 0.4) is 0 Å². The molecule has 0 amide bonds. The molecule has 1 N–H and O–H groups in total. The van der Waals surface area contributed by atoms with Crippen LogP contribution in [-0.4, -0.2) is 8.76 Å². The normalized spacial score (nSPS) is 16.0. The van der Waals surface area contributed by atoms with E-state index in [0.29, 0.717) is 10.5 Å². The Labute approximate surface area is 103 Å². The molecule has 0 saturated carbocycles. The lowest BCUT2D eigenvalue weighted by atomic mass is 10.1. The summed E-state index contributed by atoms with van der Waals surface area (Å²) in [6.45, 7) is 1.93. The Hall–Kier alpha value is -1.65. The van der Waals surface area contributed by atoms with Gasteiger partial charge in [-0.25, -0.2) is 0 Å². The van der Waals surface area contributed by atoms with Gasteiger partial charge in [-0.2, -0.15) is 0 Å². The number of rotatable bonds is 2. The fraction of sp³-hybridized carbons (Fsp3) is 0.0769. The topological polar surface area (TPSA) is 52.2 Å². The Morgan fingerprint density at radius 3 is 2.82 bits per heavy atom. The summed E-state index contributed by atoms with van der Waals surface area (Å²) >= 11 is -2.24. The molecule has 4 heteroatoms. The van der Waals surface area contributed by atoms with Crippen molar-refractivity contribution in [1.82, 2.24) is 5.32 Å². The van der Waals surface area contributed by atoms with Crippen molar-refractivity contribution in [2.75, 3.05) is 0 Å². The lowest BCUT2D eigenvalue weighted by Gasteiger charge is -2.15. The molecule has 0 saturated heterocycles. The summed E-state index contributed by atoms with van der Waals surface area (Å²) < 4.78 is 22.3. The average molecular weight is 246 g/mol. The van der Waals surface area contributed by atoms with Gasteiger partial charge in [0, 0.05) is 22.4 Å². The zero-order valence-corrected chi connectivity index (χ0v) is 10.2. The first-order valence-corrected chi connectivity index (χ1v) is 6.26. The third kappa shape index (κ3) is 2.72. The Kier molecular flexibility index (Phi) is 3.56. The van der Waals surface area contributed by atoms with Gasteiger partial charge in [-0.15, -0.1) is 0 Å². The van der Waals surface area contributed by atoms with Crippen molar-refractivity contribution in [3.8, 4) is 0 Å². The van der Waals surface area contributed by atoms with Gasteiger partial charge in [0.05, 0.1) is 0 Å². The largest absolute Gasteiger partial charge is 0.768 e. The van der Waals surface area contributed by atoms with E-state index in [1.807, 2.05) is 37.3 Å². The SMILES string of the molecule is Cc1ccc(S(=O)[O-])c(C2=CC=CC=CN2)c1. The highest BCUT2D eigenvalue weighted by Gasteiger charge is 2.08. The molecule has 1 aliphatic heterocycles. The maximum atomic E-state index is 11.2. The standard InChI is InChI=1S/C13H13NO2S/c1-10-6-7-13(17(15)16)11(9-10)12-5-3-2-4-8-14-12/h2-9,14H,1H3,(H,15,16)/p-1. The van der Waals surface area contributed by atoms with Gasteiger partial charge in [0.25, 0.3) is 0 Å². The Balaban J connectivity index is 2.53. The van der Waals surface area contributed by atoms with Crippen molar-refractivity contribution in [2.45, 2.75) is 11.8 Å². The second-order valence-corrected chi connectivity index (χ2v) is 4.61. The van der Waals surface area contributed by atoms with E-state index >= 15 is 0 Å². The number of allylic oxidation sites excluding steroid dienone is 4. The second kappa shape index (κ2) is 5.12. The molecule has 0 spiro atoms. The molecule has 0 bridgehead atoms. The van der Waals surface area contributed by atoms with Crippen LogP contribution in [0.5, 0.6) is 0 Å². The summed E-state index contributed by atoms with van der Waals surface area (Å²) in [5, 5.41) is 3.07. The highest BCUT2D eigenvalue weighted by molar-refractivity contribution is 7.79. The van der Waals surface area contributed by atoms with Crippen LogP contribution in [0.15, 0.2) is 53.6 Å². The minimum Gasteiger partial charge on any atom is -0.768 e. The summed E-state index contributed by atoms with van der Waals surface area (Å²) in [6.07, 6.45) is 9.22. The van der Waals surface area contributed by atoms with Crippen LogP contribution in [0.2, 0.25) is 0 Å². The van der Waals surface area contributed by atoms with Crippen molar-refractivity contribution in [3.63, 3.8) is 0 Å². The van der Waals surface area contributed by atoms with E-state index in [2.05, 4.69) is 5.32 Å². The number of benzene rings is 1. The Bertz CT molecular complexity index is 544. The van der Waals surface area contributed by atoms with Crippen LogP contribution in [0.25, 0.3) is 5.70 Å². The van der Waals surface area contributed by atoms with Gasteiger partial charge in [0.2, 0.25) is 0 Å². The monoisotopic (exact) mass is 246 g/mol. The predicted octanol–water partition coefficient (Wildman–Crippen LogP) is 2.25. The van der Waals surface area contributed by atoms with Crippen LogP contribution in [0.4, 0.5) is 0 Å². The highest BCUT2D eigenvalue weighted by Crippen LogP contribution is 2.22. The van der Waals surface area contributed by atoms with E-state index in [0.717, 1.165) is 11.3 Å².